The lowest BCUT2D eigenvalue weighted by molar-refractivity contribution is 0.373. The SMILES string of the molecule is COc1ccccc1O.O=S(=O)(Cl)Cl. The maximum absolute atomic E-state index is 9.16. The fourth-order valence-electron chi connectivity index (χ4n) is 0.630. The van der Waals surface area contributed by atoms with Gasteiger partial charge in [-0.2, -0.15) is 8.42 Å². The van der Waals surface area contributed by atoms with E-state index >= 15 is 0 Å². The van der Waals surface area contributed by atoms with Crippen LogP contribution in [0.1, 0.15) is 0 Å². The summed E-state index contributed by atoms with van der Waals surface area (Å²) in [6.07, 6.45) is 0. The van der Waals surface area contributed by atoms with Gasteiger partial charge in [0, 0.05) is 21.4 Å². The molecule has 7 heteroatoms. The highest BCUT2D eigenvalue weighted by atomic mass is 36.0. The first-order chi connectivity index (χ1) is 6.34. The molecule has 1 N–H and O–H groups in total. The topological polar surface area (TPSA) is 63.6 Å². The fourth-order valence-corrected chi connectivity index (χ4v) is 0.630. The number of phenolic OH excluding ortho intramolecular Hbond substituents is 1. The monoisotopic (exact) mass is 258 g/mol. The Labute approximate surface area is 90.9 Å². The van der Waals surface area contributed by atoms with Crippen LogP contribution in [0.25, 0.3) is 0 Å². The van der Waals surface area contributed by atoms with Crippen molar-refractivity contribution in [3.05, 3.63) is 24.3 Å². The van der Waals surface area contributed by atoms with Gasteiger partial charge in [-0.05, 0) is 12.1 Å². The second kappa shape index (κ2) is 5.95. The number of phenols is 1. The summed E-state index contributed by atoms with van der Waals surface area (Å²) in [6.45, 7) is 0. The summed E-state index contributed by atoms with van der Waals surface area (Å²) < 4.78 is 23.1. The van der Waals surface area contributed by atoms with E-state index in [2.05, 4.69) is 21.4 Å². The third kappa shape index (κ3) is 7.97. The van der Waals surface area contributed by atoms with E-state index in [0.29, 0.717) is 5.75 Å². The summed E-state index contributed by atoms with van der Waals surface area (Å²) in [5, 5.41) is 8.99. The van der Waals surface area contributed by atoms with Crippen LogP contribution in [0.2, 0.25) is 0 Å². The molecule has 1 aromatic carbocycles. The maximum atomic E-state index is 9.16. The van der Waals surface area contributed by atoms with Gasteiger partial charge in [-0.25, -0.2) is 0 Å². The molecule has 0 aliphatic heterocycles. The molecule has 0 atom stereocenters. The molecule has 0 spiro atoms. The van der Waals surface area contributed by atoms with Crippen molar-refractivity contribution in [3.8, 4) is 11.5 Å². The van der Waals surface area contributed by atoms with Crippen molar-refractivity contribution in [3.63, 3.8) is 0 Å². The summed E-state index contributed by atoms with van der Waals surface area (Å²) in [5.74, 6) is 0.692. The molecule has 0 amide bonds. The molecule has 0 aliphatic carbocycles. The van der Waals surface area contributed by atoms with Gasteiger partial charge < -0.3 is 9.84 Å². The normalized spacial score (nSPS) is 9.93. The number of rotatable bonds is 1. The molecule has 0 aromatic heterocycles. The standard InChI is InChI=1S/C7H8O2.Cl2O2S/c1-9-7-5-3-2-4-6(7)8;1-5(2,3)4/h2-5,8H,1H3;. The van der Waals surface area contributed by atoms with Crippen molar-refractivity contribution in [2.24, 2.45) is 0 Å². The van der Waals surface area contributed by atoms with Crippen molar-refractivity contribution >= 4 is 29.6 Å². The zero-order valence-electron chi connectivity index (χ0n) is 7.15. The van der Waals surface area contributed by atoms with Gasteiger partial charge in [-0.3, -0.25) is 0 Å². The third-order valence-corrected chi connectivity index (χ3v) is 1.09. The third-order valence-electron chi connectivity index (χ3n) is 1.09. The van der Waals surface area contributed by atoms with Gasteiger partial charge in [0.15, 0.2) is 11.5 Å². The highest BCUT2D eigenvalue weighted by molar-refractivity contribution is 8.31. The second-order valence-electron chi connectivity index (χ2n) is 2.05. The Balaban J connectivity index is 0.000000292. The summed E-state index contributed by atoms with van der Waals surface area (Å²) in [7, 11) is 6.34. The maximum Gasteiger partial charge on any atom is 0.317 e. The first-order valence-corrected chi connectivity index (χ1v) is 6.44. The van der Waals surface area contributed by atoms with Crippen molar-refractivity contribution in [1.29, 1.82) is 0 Å². The van der Waals surface area contributed by atoms with E-state index in [0.717, 1.165) is 0 Å². The van der Waals surface area contributed by atoms with Crippen LogP contribution in [-0.2, 0) is 8.26 Å². The van der Waals surface area contributed by atoms with Crippen LogP contribution in [0.5, 0.6) is 11.5 Å². The van der Waals surface area contributed by atoms with Crippen molar-refractivity contribution < 1.29 is 18.3 Å². The van der Waals surface area contributed by atoms with E-state index in [1.807, 2.05) is 0 Å². The average Bonchev–Trinajstić information content (AvgIpc) is 2.02. The highest BCUT2D eigenvalue weighted by Crippen LogP contribution is 2.22. The molecule has 0 radical (unpaired) electrons. The fraction of sp³-hybridized carbons (Fsp3) is 0.143. The lowest BCUT2D eigenvalue weighted by Gasteiger charge is -1.99. The van der Waals surface area contributed by atoms with Gasteiger partial charge >= 0.3 is 8.26 Å². The van der Waals surface area contributed by atoms with E-state index in [4.69, 9.17) is 18.3 Å². The first-order valence-electron chi connectivity index (χ1n) is 3.31. The minimum atomic E-state index is -3.72. The molecular formula is C7H8Cl2O4S. The van der Waals surface area contributed by atoms with Gasteiger partial charge in [-0.1, -0.05) is 12.1 Å². The van der Waals surface area contributed by atoms with E-state index in [1.54, 1.807) is 24.3 Å². The molecule has 0 saturated heterocycles. The minimum Gasteiger partial charge on any atom is -0.504 e. The van der Waals surface area contributed by atoms with Gasteiger partial charge in [0.2, 0.25) is 0 Å². The number of methoxy groups -OCH3 is 1. The Morgan fingerprint density at radius 3 is 2.00 bits per heavy atom. The van der Waals surface area contributed by atoms with E-state index in [1.165, 1.54) is 7.11 Å². The molecule has 1 rings (SSSR count). The number of hydrogen-bond donors (Lipinski definition) is 1. The Morgan fingerprint density at radius 1 is 1.29 bits per heavy atom. The average molecular weight is 259 g/mol. The van der Waals surface area contributed by atoms with Gasteiger partial charge in [0.25, 0.3) is 0 Å². The number of para-hydroxylation sites is 2. The van der Waals surface area contributed by atoms with Crippen LogP contribution < -0.4 is 4.74 Å². The Morgan fingerprint density at radius 2 is 1.71 bits per heavy atom. The lowest BCUT2D eigenvalue weighted by Crippen LogP contribution is -1.80. The smallest absolute Gasteiger partial charge is 0.317 e. The molecule has 14 heavy (non-hydrogen) atoms. The largest absolute Gasteiger partial charge is 0.504 e. The zero-order chi connectivity index (χ0) is 11.2. The summed E-state index contributed by atoms with van der Waals surface area (Å²) >= 11 is 0. The van der Waals surface area contributed by atoms with E-state index < -0.39 is 8.26 Å². The summed E-state index contributed by atoms with van der Waals surface area (Å²) in [6, 6.07) is 6.84. The number of aromatic hydroxyl groups is 1. The molecular weight excluding hydrogens is 251 g/mol. The van der Waals surface area contributed by atoms with Crippen LogP contribution >= 0.6 is 21.4 Å². The Kier molecular flexibility index (Phi) is 5.68. The van der Waals surface area contributed by atoms with Crippen LogP contribution in [0, 0.1) is 0 Å². The van der Waals surface area contributed by atoms with Gasteiger partial charge in [0.05, 0.1) is 7.11 Å². The number of benzene rings is 1. The number of halogens is 2. The van der Waals surface area contributed by atoms with Gasteiger partial charge in [0.1, 0.15) is 0 Å². The van der Waals surface area contributed by atoms with Crippen molar-refractivity contribution in [1.82, 2.24) is 0 Å². The zero-order valence-corrected chi connectivity index (χ0v) is 9.47. The molecule has 80 valence electrons. The molecule has 0 fully saturated rings. The molecule has 0 saturated carbocycles. The van der Waals surface area contributed by atoms with Crippen LogP contribution in [0.3, 0.4) is 0 Å². The minimum absolute atomic E-state index is 0.181. The van der Waals surface area contributed by atoms with Crippen molar-refractivity contribution in [2.75, 3.05) is 7.11 Å². The van der Waals surface area contributed by atoms with Crippen molar-refractivity contribution in [2.45, 2.75) is 0 Å². The van der Waals surface area contributed by atoms with Gasteiger partial charge in [-0.15, -0.1) is 0 Å². The van der Waals surface area contributed by atoms with E-state index in [9.17, 15) is 0 Å². The van der Waals surface area contributed by atoms with Crippen LogP contribution in [0.4, 0.5) is 0 Å². The van der Waals surface area contributed by atoms with E-state index in [-0.39, 0.29) is 5.75 Å². The number of hydrogen-bond acceptors (Lipinski definition) is 4. The molecule has 4 nitrogen and oxygen atoms in total. The number of ether oxygens (including phenoxy) is 1. The molecule has 0 heterocycles. The summed E-state index contributed by atoms with van der Waals surface area (Å²) in [4.78, 5) is 0. The molecule has 1 aromatic rings. The lowest BCUT2D eigenvalue weighted by atomic mass is 10.3. The summed E-state index contributed by atoms with van der Waals surface area (Å²) in [5.41, 5.74) is 0. The Hall–Kier alpha value is -0.650. The first kappa shape index (κ1) is 13.4. The molecule has 0 aliphatic rings. The van der Waals surface area contributed by atoms with Crippen LogP contribution in [-0.4, -0.2) is 20.6 Å². The molecule has 0 unspecified atom stereocenters. The quantitative estimate of drug-likeness (QED) is 0.784. The second-order valence-corrected chi connectivity index (χ2v) is 5.72. The predicted octanol–water partition coefficient (Wildman–Crippen LogP) is 2.11. The van der Waals surface area contributed by atoms with Crippen LogP contribution in [0.15, 0.2) is 24.3 Å². The highest BCUT2D eigenvalue weighted by Gasteiger charge is 1.94. The predicted molar refractivity (Wildman–Crippen MR) is 55.3 cm³/mol. The Bertz CT molecular complexity index is 369. The molecule has 0 bridgehead atoms.